The van der Waals surface area contributed by atoms with Crippen LogP contribution in [0.2, 0.25) is 5.02 Å². The lowest BCUT2D eigenvalue weighted by Crippen LogP contribution is -2.06. The highest BCUT2D eigenvalue weighted by atomic mass is 35.5. The Morgan fingerprint density at radius 1 is 1.26 bits per heavy atom. The normalized spacial score (nSPS) is 11.4. The van der Waals surface area contributed by atoms with Gasteiger partial charge in [-0.2, -0.15) is 8.78 Å². The van der Waals surface area contributed by atoms with E-state index in [1.165, 1.54) is 24.2 Å². The summed E-state index contributed by atoms with van der Waals surface area (Å²) < 4.78 is 33.9. The molecule has 0 saturated carbocycles. The van der Waals surface area contributed by atoms with Crippen molar-refractivity contribution in [2.45, 2.75) is 30.4 Å². The number of halogens is 3. The topological polar surface area (TPSA) is 57.8 Å². The number of benzene rings is 1. The number of methoxy groups -OCH3 is 1. The van der Waals surface area contributed by atoms with Gasteiger partial charge in [0.1, 0.15) is 5.82 Å². The molecule has 0 amide bonds. The molecule has 0 unspecified atom stereocenters. The van der Waals surface area contributed by atoms with Crippen molar-refractivity contribution in [1.29, 1.82) is 0 Å². The lowest BCUT2D eigenvalue weighted by Gasteiger charge is -2.11. The highest BCUT2D eigenvalue weighted by Gasteiger charge is 2.18. The molecule has 6 nitrogen and oxygen atoms in total. The van der Waals surface area contributed by atoms with Crippen molar-refractivity contribution >= 4 is 23.4 Å². The van der Waals surface area contributed by atoms with Crippen molar-refractivity contribution in [1.82, 2.24) is 24.3 Å². The summed E-state index contributed by atoms with van der Waals surface area (Å²) in [6, 6.07) is 7.38. The van der Waals surface area contributed by atoms with E-state index in [1.807, 2.05) is 22.8 Å². The van der Waals surface area contributed by atoms with Gasteiger partial charge in [-0.3, -0.25) is 4.57 Å². The molecule has 0 aliphatic carbocycles. The van der Waals surface area contributed by atoms with E-state index in [4.69, 9.17) is 16.3 Å². The Hall–Kier alpha value is -1.97. The average molecular weight is 414 g/mol. The van der Waals surface area contributed by atoms with Crippen molar-refractivity contribution in [3.8, 4) is 11.4 Å². The molecule has 2 aromatic heterocycles. The van der Waals surface area contributed by atoms with Crippen molar-refractivity contribution in [2.24, 2.45) is 0 Å². The summed E-state index contributed by atoms with van der Waals surface area (Å²) in [5.41, 5.74) is 0.769. The van der Waals surface area contributed by atoms with Gasteiger partial charge in [-0.05, 0) is 18.6 Å². The van der Waals surface area contributed by atoms with E-state index in [0.717, 1.165) is 16.6 Å². The molecular formula is C17H18ClF2N5OS. The maximum absolute atomic E-state index is 13.0. The molecule has 0 fully saturated rings. The molecule has 144 valence electrons. The lowest BCUT2D eigenvalue weighted by molar-refractivity contribution is 0.0678. The van der Waals surface area contributed by atoms with Crippen LogP contribution >= 0.6 is 23.4 Å². The number of imidazole rings is 1. The minimum Gasteiger partial charge on any atom is -0.385 e. The molecule has 0 saturated heterocycles. The summed E-state index contributed by atoms with van der Waals surface area (Å²) in [7, 11) is 1.64. The van der Waals surface area contributed by atoms with Gasteiger partial charge in [0.05, 0.1) is 10.8 Å². The Balaban J connectivity index is 1.86. The van der Waals surface area contributed by atoms with Crippen LogP contribution in [0.4, 0.5) is 8.78 Å². The molecule has 3 aromatic rings. The zero-order valence-corrected chi connectivity index (χ0v) is 16.1. The van der Waals surface area contributed by atoms with E-state index in [1.54, 1.807) is 13.2 Å². The lowest BCUT2D eigenvalue weighted by atomic mass is 10.2. The van der Waals surface area contributed by atoms with Gasteiger partial charge >= 0.3 is 6.55 Å². The van der Waals surface area contributed by atoms with E-state index in [9.17, 15) is 8.78 Å². The maximum Gasteiger partial charge on any atom is 0.319 e. The zero-order chi connectivity index (χ0) is 19.2. The predicted octanol–water partition coefficient (Wildman–Crippen LogP) is 4.52. The third kappa shape index (κ3) is 4.66. The second kappa shape index (κ2) is 9.29. The second-order valence-electron chi connectivity index (χ2n) is 5.60. The third-order valence-electron chi connectivity index (χ3n) is 3.85. The van der Waals surface area contributed by atoms with Gasteiger partial charge in [0.15, 0.2) is 11.0 Å². The first kappa shape index (κ1) is 19.8. The van der Waals surface area contributed by atoms with Crippen LogP contribution in [-0.4, -0.2) is 38.0 Å². The standard InChI is InChI=1S/C17H18ClF2N5OS/c1-26-10-4-8-25-15(12-5-2-3-6-13(12)18)22-23-17(25)27-11-14-21-7-9-24(14)16(19)20/h2-3,5-7,9,16H,4,8,10-11H2,1H3. The van der Waals surface area contributed by atoms with Crippen LogP contribution in [0, 0.1) is 0 Å². The van der Waals surface area contributed by atoms with Crippen LogP contribution in [0.5, 0.6) is 0 Å². The monoisotopic (exact) mass is 413 g/mol. The number of rotatable bonds is 9. The molecule has 27 heavy (non-hydrogen) atoms. The van der Waals surface area contributed by atoms with E-state index >= 15 is 0 Å². The minimum atomic E-state index is -2.62. The molecule has 0 bridgehead atoms. The van der Waals surface area contributed by atoms with Crippen molar-refractivity contribution in [2.75, 3.05) is 13.7 Å². The summed E-state index contributed by atoms with van der Waals surface area (Å²) in [5, 5.41) is 9.70. The number of ether oxygens (including phenoxy) is 1. The highest BCUT2D eigenvalue weighted by Crippen LogP contribution is 2.30. The SMILES string of the molecule is COCCCn1c(SCc2nccn2C(F)F)nnc1-c1ccccc1Cl. The van der Waals surface area contributed by atoms with Crippen LogP contribution in [0.25, 0.3) is 11.4 Å². The molecule has 10 heteroatoms. The summed E-state index contributed by atoms with van der Waals surface area (Å²) in [6.45, 7) is -1.42. The Morgan fingerprint density at radius 2 is 2.07 bits per heavy atom. The Kier molecular flexibility index (Phi) is 6.81. The van der Waals surface area contributed by atoms with Crippen LogP contribution < -0.4 is 0 Å². The first-order valence-electron chi connectivity index (χ1n) is 8.21. The summed E-state index contributed by atoms with van der Waals surface area (Å²) in [6.07, 6.45) is 3.38. The zero-order valence-electron chi connectivity index (χ0n) is 14.6. The molecule has 1 aromatic carbocycles. The molecule has 2 heterocycles. The number of alkyl halides is 2. The van der Waals surface area contributed by atoms with Crippen molar-refractivity contribution < 1.29 is 13.5 Å². The highest BCUT2D eigenvalue weighted by molar-refractivity contribution is 7.98. The Morgan fingerprint density at radius 3 is 2.81 bits per heavy atom. The number of hydrogen-bond acceptors (Lipinski definition) is 5. The van der Waals surface area contributed by atoms with Crippen LogP contribution in [0.3, 0.4) is 0 Å². The molecule has 0 spiro atoms. The number of hydrogen-bond donors (Lipinski definition) is 0. The van der Waals surface area contributed by atoms with E-state index < -0.39 is 6.55 Å². The molecule has 0 N–H and O–H groups in total. The molecule has 0 radical (unpaired) electrons. The average Bonchev–Trinajstić information content (AvgIpc) is 3.28. The van der Waals surface area contributed by atoms with Gasteiger partial charge in [-0.25, -0.2) is 4.98 Å². The molecule has 3 rings (SSSR count). The fourth-order valence-electron chi connectivity index (χ4n) is 2.57. The van der Waals surface area contributed by atoms with Gasteiger partial charge in [0.2, 0.25) is 0 Å². The largest absolute Gasteiger partial charge is 0.385 e. The summed E-state index contributed by atoms with van der Waals surface area (Å²) >= 11 is 7.61. The summed E-state index contributed by atoms with van der Waals surface area (Å²) in [5.74, 6) is 1.17. The van der Waals surface area contributed by atoms with Gasteiger partial charge < -0.3 is 9.30 Å². The molecule has 0 aliphatic rings. The second-order valence-corrected chi connectivity index (χ2v) is 6.95. The van der Waals surface area contributed by atoms with Crippen LogP contribution in [-0.2, 0) is 17.0 Å². The number of aromatic nitrogens is 5. The Labute approximate surface area is 164 Å². The van der Waals surface area contributed by atoms with Gasteiger partial charge in [-0.15, -0.1) is 10.2 Å². The Bertz CT molecular complexity index is 886. The van der Waals surface area contributed by atoms with E-state index in [0.29, 0.717) is 29.2 Å². The fourth-order valence-corrected chi connectivity index (χ4v) is 3.70. The van der Waals surface area contributed by atoms with Gasteiger partial charge in [-0.1, -0.05) is 35.5 Å². The van der Waals surface area contributed by atoms with Crippen LogP contribution in [0.1, 0.15) is 18.8 Å². The molecular weight excluding hydrogens is 396 g/mol. The van der Waals surface area contributed by atoms with Gasteiger partial charge in [0.25, 0.3) is 0 Å². The predicted molar refractivity (Wildman–Crippen MR) is 100 cm³/mol. The van der Waals surface area contributed by atoms with Crippen molar-refractivity contribution in [3.63, 3.8) is 0 Å². The number of nitrogens with zero attached hydrogens (tertiary/aromatic N) is 5. The summed E-state index contributed by atoms with van der Waals surface area (Å²) in [4.78, 5) is 4.00. The fraction of sp³-hybridized carbons (Fsp3) is 0.353. The smallest absolute Gasteiger partial charge is 0.319 e. The molecule has 0 atom stereocenters. The van der Waals surface area contributed by atoms with Crippen LogP contribution in [0.15, 0.2) is 41.8 Å². The molecule has 0 aliphatic heterocycles. The van der Waals surface area contributed by atoms with Gasteiger partial charge in [0, 0.05) is 38.2 Å². The minimum absolute atomic E-state index is 0.252. The van der Waals surface area contributed by atoms with Crippen molar-refractivity contribution in [3.05, 3.63) is 47.5 Å². The van der Waals surface area contributed by atoms with E-state index in [2.05, 4.69) is 15.2 Å². The van der Waals surface area contributed by atoms with E-state index in [-0.39, 0.29) is 11.6 Å². The number of thioether (sulfide) groups is 1. The third-order valence-corrected chi connectivity index (χ3v) is 5.14. The first-order valence-corrected chi connectivity index (χ1v) is 9.58. The first-order chi connectivity index (χ1) is 13.1. The quantitative estimate of drug-likeness (QED) is 0.381. The maximum atomic E-state index is 13.0.